The SMILES string of the molecule is O=C1[C@H]2[C@@H](CN1C13CC(c4ccncc4)(C1)C3)[C@@H]2c1ccc(F)c(F)c1. The lowest BCUT2D eigenvalue weighted by Gasteiger charge is -2.74. The molecular formula is C21H18F2N2O. The summed E-state index contributed by atoms with van der Waals surface area (Å²) < 4.78 is 26.7. The molecule has 0 unspecified atom stereocenters. The van der Waals surface area contributed by atoms with E-state index in [-0.39, 0.29) is 34.6 Å². The molecule has 0 radical (unpaired) electrons. The molecule has 3 atom stereocenters. The van der Waals surface area contributed by atoms with E-state index in [1.165, 1.54) is 17.7 Å². The number of amides is 1. The van der Waals surface area contributed by atoms with Crippen LogP contribution in [0.15, 0.2) is 42.7 Å². The molecule has 0 spiro atoms. The number of nitrogens with zero attached hydrogens (tertiary/aromatic N) is 2. The Balaban J connectivity index is 1.17. The predicted molar refractivity (Wildman–Crippen MR) is 90.3 cm³/mol. The normalized spacial score (nSPS) is 39.2. The molecule has 2 heterocycles. The van der Waals surface area contributed by atoms with Gasteiger partial charge in [0.05, 0.1) is 5.92 Å². The predicted octanol–water partition coefficient (Wildman–Crippen LogP) is 3.41. The first kappa shape index (κ1) is 14.8. The van der Waals surface area contributed by atoms with E-state index in [4.69, 9.17) is 0 Å². The van der Waals surface area contributed by atoms with Crippen molar-refractivity contribution in [2.45, 2.75) is 36.1 Å². The molecule has 1 amide bonds. The van der Waals surface area contributed by atoms with Crippen LogP contribution in [0.5, 0.6) is 0 Å². The van der Waals surface area contributed by atoms with Crippen molar-refractivity contribution < 1.29 is 13.6 Å². The Bertz CT molecular complexity index is 925. The Morgan fingerprint density at radius 3 is 2.35 bits per heavy atom. The second-order valence-electron chi connectivity index (χ2n) is 8.61. The minimum absolute atomic E-state index is 0.0363. The number of carbonyl (C=O) groups excluding carboxylic acids is 1. The van der Waals surface area contributed by atoms with Gasteiger partial charge in [0.15, 0.2) is 11.6 Å². The molecule has 26 heavy (non-hydrogen) atoms. The van der Waals surface area contributed by atoms with Crippen molar-refractivity contribution in [3.8, 4) is 0 Å². The molecule has 1 saturated heterocycles. The first-order chi connectivity index (χ1) is 12.5. The van der Waals surface area contributed by atoms with Crippen LogP contribution in [0.3, 0.4) is 0 Å². The average Bonchev–Trinajstić information content (AvgIpc) is 3.19. The molecule has 2 aromatic rings. The number of piperidine rings is 1. The Morgan fingerprint density at radius 1 is 1.00 bits per heavy atom. The Labute approximate surface area is 150 Å². The summed E-state index contributed by atoms with van der Waals surface area (Å²) in [6, 6.07) is 8.23. The Morgan fingerprint density at radius 2 is 1.73 bits per heavy atom. The minimum Gasteiger partial charge on any atom is -0.336 e. The summed E-state index contributed by atoms with van der Waals surface area (Å²) in [5.74, 6) is -1.15. The number of pyridine rings is 1. The molecule has 132 valence electrons. The van der Waals surface area contributed by atoms with Gasteiger partial charge in [-0.15, -0.1) is 0 Å². The van der Waals surface area contributed by atoms with Crippen LogP contribution in [0.2, 0.25) is 0 Å². The summed E-state index contributed by atoms with van der Waals surface area (Å²) in [6.07, 6.45) is 6.82. The summed E-state index contributed by atoms with van der Waals surface area (Å²) in [5.41, 5.74) is 2.39. The first-order valence-corrected chi connectivity index (χ1v) is 9.20. The van der Waals surface area contributed by atoms with Crippen molar-refractivity contribution in [2.24, 2.45) is 11.8 Å². The highest BCUT2D eigenvalue weighted by atomic mass is 19.2. The molecule has 5 aliphatic rings. The molecule has 4 saturated carbocycles. The standard InChI is InChI=1S/C21H18F2N2O/c22-15-2-1-12(7-16(15)23)17-14-8-25(19(26)18(14)17)21-9-20(10-21,11-21)13-3-5-24-6-4-13/h1-7,14,17-18H,8-11H2/t14-,17-,18-,20?,21?/m0/s1. The van der Waals surface area contributed by atoms with Gasteiger partial charge >= 0.3 is 0 Å². The van der Waals surface area contributed by atoms with Crippen LogP contribution in [-0.4, -0.2) is 27.9 Å². The maximum atomic E-state index is 13.5. The van der Waals surface area contributed by atoms with Crippen molar-refractivity contribution in [1.29, 1.82) is 0 Å². The van der Waals surface area contributed by atoms with E-state index in [9.17, 15) is 13.6 Å². The van der Waals surface area contributed by atoms with Crippen LogP contribution < -0.4 is 0 Å². The van der Waals surface area contributed by atoms with Gasteiger partial charge < -0.3 is 4.90 Å². The van der Waals surface area contributed by atoms with Crippen LogP contribution >= 0.6 is 0 Å². The van der Waals surface area contributed by atoms with Crippen LogP contribution in [0.4, 0.5) is 8.78 Å². The topological polar surface area (TPSA) is 33.2 Å². The van der Waals surface area contributed by atoms with Crippen molar-refractivity contribution >= 4 is 5.91 Å². The van der Waals surface area contributed by atoms with Gasteiger partial charge in [0.25, 0.3) is 0 Å². The third kappa shape index (κ3) is 1.67. The quantitative estimate of drug-likeness (QED) is 0.848. The fraction of sp³-hybridized carbons (Fsp3) is 0.429. The lowest BCUT2D eigenvalue weighted by molar-refractivity contribution is -0.181. The van der Waals surface area contributed by atoms with Crippen LogP contribution in [0, 0.1) is 23.5 Å². The van der Waals surface area contributed by atoms with Gasteiger partial charge in [-0.3, -0.25) is 9.78 Å². The van der Waals surface area contributed by atoms with Crippen molar-refractivity contribution in [3.63, 3.8) is 0 Å². The molecule has 1 aromatic heterocycles. The number of fused-ring (bicyclic) bond motifs is 1. The van der Waals surface area contributed by atoms with Gasteiger partial charge in [-0.1, -0.05) is 6.07 Å². The van der Waals surface area contributed by atoms with E-state index in [0.29, 0.717) is 0 Å². The zero-order valence-corrected chi connectivity index (χ0v) is 14.2. The fourth-order valence-corrected chi connectivity index (χ4v) is 6.05. The summed E-state index contributed by atoms with van der Waals surface area (Å²) >= 11 is 0. The number of carbonyl (C=O) groups is 1. The highest BCUT2D eigenvalue weighted by Crippen LogP contribution is 2.73. The maximum Gasteiger partial charge on any atom is 0.227 e. The first-order valence-electron chi connectivity index (χ1n) is 9.20. The highest BCUT2D eigenvalue weighted by Gasteiger charge is 2.75. The second kappa shape index (κ2) is 4.51. The van der Waals surface area contributed by atoms with E-state index in [2.05, 4.69) is 22.0 Å². The van der Waals surface area contributed by atoms with Gasteiger partial charge in [0, 0.05) is 35.8 Å². The van der Waals surface area contributed by atoms with Crippen molar-refractivity contribution in [1.82, 2.24) is 9.88 Å². The van der Waals surface area contributed by atoms with Crippen LogP contribution in [0.1, 0.15) is 36.3 Å². The molecular weight excluding hydrogens is 334 g/mol. The lowest BCUT2D eigenvalue weighted by Crippen LogP contribution is -2.77. The lowest BCUT2D eigenvalue weighted by atomic mass is 9.37. The number of hydrogen-bond acceptors (Lipinski definition) is 2. The Hall–Kier alpha value is -2.30. The Kier molecular flexibility index (Phi) is 2.57. The van der Waals surface area contributed by atoms with Gasteiger partial charge in [-0.25, -0.2) is 8.78 Å². The van der Waals surface area contributed by atoms with E-state index < -0.39 is 11.6 Å². The number of halogens is 2. The van der Waals surface area contributed by atoms with Crippen LogP contribution in [0.25, 0.3) is 0 Å². The van der Waals surface area contributed by atoms with Gasteiger partial charge in [-0.05, 0) is 60.6 Å². The number of likely N-dealkylation sites (tertiary alicyclic amines) is 1. The molecule has 0 N–H and O–H groups in total. The average molecular weight is 352 g/mol. The molecule has 4 aliphatic carbocycles. The summed E-state index contributed by atoms with van der Waals surface area (Å²) in [5, 5.41) is 0. The number of aromatic nitrogens is 1. The molecule has 7 rings (SSSR count). The highest BCUT2D eigenvalue weighted by molar-refractivity contribution is 5.88. The monoisotopic (exact) mass is 352 g/mol. The number of benzene rings is 1. The van der Waals surface area contributed by atoms with E-state index in [0.717, 1.165) is 31.4 Å². The largest absolute Gasteiger partial charge is 0.336 e. The van der Waals surface area contributed by atoms with Gasteiger partial charge in [0.2, 0.25) is 5.91 Å². The smallest absolute Gasteiger partial charge is 0.227 e. The third-order valence-electron chi connectivity index (χ3n) is 7.31. The van der Waals surface area contributed by atoms with Crippen molar-refractivity contribution in [2.75, 3.05) is 6.54 Å². The zero-order chi connectivity index (χ0) is 17.7. The number of hydrogen-bond donors (Lipinski definition) is 0. The second-order valence-corrected chi connectivity index (χ2v) is 8.61. The molecule has 1 aromatic carbocycles. The number of rotatable bonds is 3. The minimum atomic E-state index is -0.831. The summed E-state index contributed by atoms with van der Waals surface area (Å²) in [4.78, 5) is 19.1. The van der Waals surface area contributed by atoms with Gasteiger partial charge in [0.1, 0.15) is 0 Å². The molecule has 2 bridgehead atoms. The van der Waals surface area contributed by atoms with E-state index >= 15 is 0 Å². The zero-order valence-electron chi connectivity index (χ0n) is 14.2. The fourth-order valence-electron chi connectivity index (χ4n) is 6.05. The van der Waals surface area contributed by atoms with Crippen molar-refractivity contribution in [3.05, 3.63) is 65.5 Å². The maximum absolute atomic E-state index is 13.5. The van der Waals surface area contributed by atoms with Crippen LogP contribution in [-0.2, 0) is 10.2 Å². The van der Waals surface area contributed by atoms with Gasteiger partial charge in [-0.2, -0.15) is 0 Å². The summed E-state index contributed by atoms with van der Waals surface area (Å²) in [7, 11) is 0. The molecule has 5 heteroatoms. The molecule has 3 nitrogen and oxygen atoms in total. The molecule has 5 fully saturated rings. The molecule has 1 aliphatic heterocycles. The van der Waals surface area contributed by atoms with E-state index in [1.807, 2.05) is 12.4 Å². The van der Waals surface area contributed by atoms with E-state index in [1.54, 1.807) is 6.07 Å². The summed E-state index contributed by atoms with van der Waals surface area (Å²) in [6.45, 7) is 0.763. The third-order valence-corrected chi connectivity index (χ3v) is 7.31.